The van der Waals surface area contributed by atoms with Crippen molar-refractivity contribution in [2.24, 2.45) is 0 Å². The fourth-order valence-electron chi connectivity index (χ4n) is 3.55. The van der Waals surface area contributed by atoms with E-state index in [0.717, 1.165) is 18.4 Å². The molecule has 0 N–H and O–H groups in total. The molecule has 2 heterocycles. The van der Waals surface area contributed by atoms with E-state index in [1.807, 2.05) is 19.0 Å². The van der Waals surface area contributed by atoms with E-state index >= 15 is 0 Å². The van der Waals surface area contributed by atoms with E-state index in [0.29, 0.717) is 36.2 Å². The number of aromatic nitrogens is 2. The highest BCUT2D eigenvalue weighted by atomic mass is 16.5. The summed E-state index contributed by atoms with van der Waals surface area (Å²) < 4.78 is 10.2. The Balaban J connectivity index is 1.52. The predicted molar refractivity (Wildman–Crippen MR) is 101 cm³/mol. The molecule has 1 saturated carbocycles. The molecule has 2 aliphatic rings. The largest absolute Gasteiger partial charge is 0.467 e. The van der Waals surface area contributed by atoms with Gasteiger partial charge in [-0.05, 0) is 45.5 Å². The number of ether oxygens (including phenoxy) is 1. The summed E-state index contributed by atoms with van der Waals surface area (Å²) in [6, 6.07) is 6.64. The molecular weight excluding hydrogens is 360 g/mol. The number of esters is 1. The van der Waals surface area contributed by atoms with Gasteiger partial charge in [-0.1, -0.05) is 17.3 Å². The number of rotatable bonds is 5. The second-order valence-corrected chi connectivity index (χ2v) is 7.66. The molecule has 0 bridgehead atoms. The number of hydrogen-bond acceptors (Lipinski definition) is 7. The molecule has 2 atom stereocenters. The molecule has 1 saturated heterocycles. The molecule has 8 nitrogen and oxygen atoms in total. The van der Waals surface area contributed by atoms with Crippen LogP contribution in [0.1, 0.15) is 41.4 Å². The van der Waals surface area contributed by atoms with Crippen LogP contribution in [0.25, 0.3) is 11.4 Å². The van der Waals surface area contributed by atoms with Crippen LogP contribution in [-0.4, -0.2) is 71.7 Å². The van der Waals surface area contributed by atoms with Crippen molar-refractivity contribution in [2.45, 2.75) is 37.3 Å². The Hall–Kier alpha value is -2.74. The Morgan fingerprint density at radius 1 is 1.21 bits per heavy atom. The van der Waals surface area contributed by atoms with Gasteiger partial charge in [0.25, 0.3) is 5.91 Å². The zero-order valence-corrected chi connectivity index (χ0v) is 16.3. The molecule has 2 aromatic rings. The van der Waals surface area contributed by atoms with Gasteiger partial charge in [0.05, 0.1) is 7.11 Å². The summed E-state index contributed by atoms with van der Waals surface area (Å²) in [6.07, 6.45) is 2.76. The van der Waals surface area contributed by atoms with Crippen LogP contribution in [0.3, 0.4) is 0 Å². The lowest BCUT2D eigenvalue weighted by Gasteiger charge is -2.23. The number of likely N-dealkylation sites (tertiary alicyclic amines) is 1. The van der Waals surface area contributed by atoms with Gasteiger partial charge in [-0.25, -0.2) is 4.79 Å². The maximum atomic E-state index is 13.0. The van der Waals surface area contributed by atoms with Crippen molar-refractivity contribution in [2.75, 3.05) is 27.7 Å². The van der Waals surface area contributed by atoms with E-state index in [1.165, 1.54) is 7.11 Å². The first-order valence-corrected chi connectivity index (χ1v) is 9.47. The maximum absolute atomic E-state index is 13.0. The highest BCUT2D eigenvalue weighted by Gasteiger charge is 2.41. The van der Waals surface area contributed by atoms with Crippen molar-refractivity contribution < 1.29 is 18.8 Å². The molecule has 8 heteroatoms. The smallest absolute Gasteiger partial charge is 0.328 e. The van der Waals surface area contributed by atoms with Crippen molar-refractivity contribution in [3.05, 3.63) is 35.7 Å². The molecule has 28 heavy (non-hydrogen) atoms. The fourth-order valence-corrected chi connectivity index (χ4v) is 3.55. The summed E-state index contributed by atoms with van der Waals surface area (Å²) in [4.78, 5) is 33.3. The SMILES string of the molecule is COC(=O)[C@@H]1C[C@@H](N(C)C)CN1C(=O)c1ccc(-c2noc(C3CC3)n2)cc1. The Kier molecular flexibility index (Phi) is 4.89. The second kappa shape index (κ2) is 7.35. The molecule has 0 radical (unpaired) electrons. The van der Waals surface area contributed by atoms with Gasteiger partial charge in [-0.15, -0.1) is 0 Å². The average Bonchev–Trinajstić information content (AvgIpc) is 3.27. The third-order valence-corrected chi connectivity index (χ3v) is 5.50. The van der Waals surface area contributed by atoms with E-state index < -0.39 is 6.04 Å². The average molecular weight is 384 g/mol. The normalized spacial score (nSPS) is 21.9. The number of benzene rings is 1. The van der Waals surface area contributed by atoms with Crippen LogP contribution in [-0.2, 0) is 9.53 Å². The molecule has 2 fully saturated rings. The summed E-state index contributed by atoms with van der Waals surface area (Å²) >= 11 is 0. The van der Waals surface area contributed by atoms with Crippen molar-refractivity contribution in [3.63, 3.8) is 0 Å². The van der Waals surface area contributed by atoms with E-state index in [9.17, 15) is 9.59 Å². The van der Waals surface area contributed by atoms with Crippen LogP contribution in [0.15, 0.2) is 28.8 Å². The molecule has 4 rings (SSSR count). The Morgan fingerprint density at radius 3 is 2.54 bits per heavy atom. The van der Waals surface area contributed by atoms with E-state index in [4.69, 9.17) is 9.26 Å². The van der Waals surface area contributed by atoms with Gasteiger partial charge in [-0.3, -0.25) is 4.79 Å². The molecular formula is C20H24N4O4. The van der Waals surface area contributed by atoms with E-state index in [2.05, 4.69) is 10.1 Å². The van der Waals surface area contributed by atoms with Crippen molar-refractivity contribution in [3.8, 4) is 11.4 Å². The Morgan fingerprint density at radius 2 is 1.93 bits per heavy atom. The number of nitrogens with zero attached hydrogens (tertiary/aromatic N) is 4. The van der Waals surface area contributed by atoms with E-state index in [1.54, 1.807) is 29.2 Å². The lowest BCUT2D eigenvalue weighted by molar-refractivity contribution is -0.145. The summed E-state index contributed by atoms with van der Waals surface area (Å²) in [6.45, 7) is 0.489. The monoisotopic (exact) mass is 384 g/mol. The van der Waals surface area contributed by atoms with Gasteiger partial charge in [-0.2, -0.15) is 4.98 Å². The van der Waals surface area contributed by atoms with Gasteiger partial charge < -0.3 is 19.1 Å². The molecule has 1 aliphatic heterocycles. The highest BCUT2D eigenvalue weighted by molar-refractivity contribution is 5.97. The first kappa shape index (κ1) is 18.6. The van der Waals surface area contributed by atoms with Crippen LogP contribution >= 0.6 is 0 Å². The topological polar surface area (TPSA) is 88.8 Å². The summed E-state index contributed by atoms with van der Waals surface area (Å²) in [5.41, 5.74) is 1.31. The summed E-state index contributed by atoms with van der Waals surface area (Å²) in [5.74, 6) is 1.05. The van der Waals surface area contributed by atoms with Gasteiger partial charge in [0.15, 0.2) is 0 Å². The van der Waals surface area contributed by atoms with Gasteiger partial charge >= 0.3 is 5.97 Å². The quantitative estimate of drug-likeness (QED) is 0.728. The number of likely N-dealkylation sites (N-methyl/N-ethyl adjacent to an activating group) is 1. The zero-order valence-electron chi connectivity index (χ0n) is 16.3. The zero-order chi connectivity index (χ0) is 19.8. The maximum Gasteiger partial charge on any atom is 0.328 e. The van der Waals surface area contributed by atoms with Gasteiger partial charge in [0.2, 0.25) is 11.7 Å². The van der Waals surface area contributed by atoms with Crippen molar-refractivity contribution in [1.29, 1.82) is 0 Å². The number of carbonyl (C=O) groups excluding carboxylic acids is 2. The van der Waals surface area contributed by atoms with Crippen molar-refractivity contribution >= 4 is 11.9 Å². The van der Waals surface area contributed by atoms with E-state index in [-0.39, 0.29) is 17.9 Å². The van der Waals surface area contributed by atoms with Crippen LogP contribution in [0.2, 0.25) is 0 Å². The lowest BCUT2D eigenvalue weighted by atomic mass is 10.1. The van der Waals surface area contributed by atoms with Crippen LogP contribution in [0, 0.1) is 0 Å². The lowest BCUT2D eigenvalue weighted by Crippen LogP contribution is -2.41. The third kappa shape index (κ3) is 3.52. The predicted octanol–water partition coefficient (Wildman–Crippen LogP) is 1.93. The molecule has 0 spiro atoms. The minimum Gasteiger partial charge on any atom is -0.467 e. The molecule has 0 unspecified atom stereocenters. The molecule has 1 aliphatic carbocycles. The molecule has 1 aromatic heterocycles. The summed E-state index contributed by atoms with van der Waals surface area (Å²) in [5, 5.41) is 4.03. The van der Waals surface area contributed by atoms with Crippen LogP contribution in [0.5, 0.6) is 0 Å². The highest BCUT2D eigenvalue weighted by Crippen LogP contribution is 2.39. The summed E-state index contributed by atoms with van der Waals surface area (Å²) in [7, 11) is 5.24. The number of hydrogen-bond donors (Lipinski definition) is 0. The molecule has 148 valence electrons. The first-order chi connectivity index (χ1) is 13.5. The van der Waals surface area contributed by atoms with Gasteiger partial charge in [0.1, 0.15) is 6.04 Å². The van der Waals surface area contributed by atoms with Gasteiger partial charge in [0, 0.05) is 29.6 Å². The Bertz CT molecular complexity index is 873. The van der Waals surface area contributed by atoms with Crippen LogP contribution < -0.4 is 0 Å². The third-order valence-electron chi connectivity index (χ3n) is 5.50. The second-order valence-electron chi connectivity index (χ2n) is 7.66. The van der Waals surface area contributed by atoms with Crippen molar-refractivity contribution in [1.82, 2.24) is 19.9 Å². The van der Waals surface area contributed by atoms with Crippen LogP contribution in [0.4, 0.5) is 0 Å². The minimum absolute atomic E-state index is 0.118. The standard InChI is InChI=1S/C20H24N4O4/c1-23(2)15-10-16(20(26)27-3)24(11-15)19(25)14-8-4-12(5-9-14)17-21-18(28-22-17)13-6-7-13/h4-5,8-9,13,15-16H,6-7,10-11H2,1-3H3/t15-,16+/m1/s1. The Labute approximate surface area is 163 Å². The fraction of sp³-hybridized carbons (Fsp3) is 0.500. The number of amides is 1. The first-order valence-electron chi connectivity index (χ1n) is 9.47. The molecule has 1 aromatic carbocycles. The molecule has 1 amide bonds. The number of methoxy groups -OCH3 is 1. The minimum atomic E-state index is -0.567. The number of carbonyl (C=O) groups is 2.